The van der Waals surface area contributed by atoms with Crippen LogP contribution in [0.15, 0.2) is 18.5 Å². The molecule has 0 bridgehead atoms. The van der Waals surface area contributed by atoms with E-state index in [0.717, 1.165) is 45.2 Å². The number of carbonyl (C=O) groups is 1. The lowest BCUT2D eigenvalue weighted by atomic mass is 10.3. The van der Waals surface area contributed by atoms with Crippen LogP contribution >= 0.6 is 0 Å². The second kappa shape index (κ2) is 7.04. The monoisotopic (exact) mass is 263 g/mol. The lowest BCUT2D eigenvalue weighted by molar-refractivity contribution is -0.120. The van der Waals surface area contributed by atoms with Crippen LogP contribution in [0.5, 0.6) is 0 Å². The molecule has 0 aromatic carbocycles. The van der Waals surface area contributed by atoms with Crippen LogP contribution in [-0.4, -0.2) is 60.0 Å². The van der Waals surface area contributed by atoms with Crippen molar-refractivity contribution in [2.75, 3.05) is 44.2 Å². The predicted molar refractivity (Wildman–Crippen MR) is 74.0 cm³/mol. The summed E-state index contributed by atoms with van der Waals surface area (Å²) in [4.78, 5) is 24.2. The van der Waals surface area contributed by atoms with Crippen molar-refractivity contribution < 1.29 is 4.79 Å². The van der Waals surface area contributed by atoms with Crippen LogP contribution in [0, 0.1) is 0 Å². The molecule has 0 radical (unpaired) electrons. The Balaban J connectivity index is 1.69. The highest BCUT2D eigenvalue weighted by Crippen LogP contribution is 2.08. The van der Waals surface area contributed by atoms with E-state index in [1.165, 1.54) is 0 Å². The number of hydrogen-bond acceptors (Lipinski definition) is 5. The summed E-state index contributed by atoms with van der Waals surface area (Å²) in [5, 5.41) is 2.90. The van der Waals surface area contributed by atoms with Crippen molar-refractivity contribution in [3.05, 3.63) is 18.5 Å². The van der Waals surface area contributed by atoms with Crippen molar-refractivity contribution in [1.82, 2.24) is 20.2 Å². The molecule has 0 atom stereocenters. The van der Waals surface area contributed by atoms with Crippen molar-refractivity contribution in [1.29, 1.82) is 0 Å². The van der Waals surface area contributed by atoms with Gasteiger partial charge in [0.25, 0.3) is 0 Å². The molecule has 1 fully saturated rings. The van der Waals surface area contributed by atoms with Gasteiger partial charge in [0.15, 0.2) is 0 Å². The van der Waals surface area contributed by atoms with Gasteiger partial charge < -0.3 is 10.2 Å². The molecule has 0 aliphatic carbocycles. The predicted octanol–water partition coefficient (Wildman–Crippen LogP) is 0.125. The molecule has 1 amide bonds. The quantitative estimate of drug-likeness (QED) is 0.818. The number of amides is 1. The van der Waals surface area contributed by atoms with Gasteiger partial charge >= 0.3 is 0 Å². The van der Waals surface area contributed by atoms with Crippen LogP contribution in [0.1, 0.15) is 13.3 Å². The Hall–Kier alpha value is -1.69. The van der Waals surface area contributed by atoms with Gasteiger partial charge in [0.1, 0.15) is 0 Å². The largest absolute Gasteiger partial charge is 0.355 e. The highest BCUT2D eigenvalue weighted by molar-refractivity contribution is 5.75. The van der Waals surface area contributed by atoms with E-state index < -0.39 is 0 Å². The maximum atomic E-state index is 11.1. The van der Waals surface area contributed by atoms with Crippen molar-refractivity contribution in [3.8, 4) is 0 Å². The summed E-state index contributed by atoms with van der Waals surface area (Å²) in [7, 11) is 0. The van der Waals surface area contributed by atoms with Gasteiger partial charge in [-0.3, -0.25) is 9.69 Å². The summed E-state index contributed by atoms with van der Waals surface area (Å²) in [6.07, 6.45) is 4.10. The first-order valence-corrected chi connectivity index (χ1v) is 6.80. The standard InChI is InChI=1S/C13H21N5O/c1-2-12(19)14-6-7-17-8-10-18(11-9-17)13-15-4-3-5-16-13/h3-5H,2,6-11H2,1H3,(H,14,19). The summed E-state index contributed by atoms with van der Waals surface area (Å²) in [5.74, 6) is 0.928. The molecule has 1 aromatic heterocycles. The molecule has 1 N–H and O–H groups in total. The highest BCUT2D eigenvalue weighted by atomic mass is 16.1. The molecular weight excluding hydrogens is 242 g/mol. The molecule has 104 valence electrons. The van der Waals surface area contributed by atoms with Gasteiger partial charge in [-0.25, -0.2) is 9.97 Å². The number of nitrogens with zero attached hydrogens (tertiary/aromatic N) is 4. The number of carbonyl (C=O) groups excluding carboxylic acids is 1. The molecule has 1 aliphatic rings. The van der Waals surface area contributed by atoms with Crippen molar-refractivity contribution in [2.45, 2.75) is 13.3 Å². The van der Waals surface area contributed by atoms with Gasteiger partial charge in [-0.1, -0.05) is 6.92 Å². The van der Waals surface area contributed by atoms with Crippen LogP contribution in [-0.2, 0) is 4.79 Å². The summed E-state index contributed by atoms with van der Waals surface area (Å²) in [5.41, 5.74) is 0. The molecule has 0 unspecified atom stereocenters. The van der Waals surface area contributed by atoms with Gasteiger partial charge in [0, 0.05) is 58.1 Å². The second-order valence-corrected chi connectivity index (χ2v) is 4.58. The maximum absolute atomic E-state index is 11.1. The third-order valence-corrected chi connectivity index (χ3v) is 3.28. The molecule has 0 saturated carbocycles. The lowest BCUT2D eigenvalue weighted by Gasteiger charge is -2.34. The van der Waals surface area contributed by atoms with Crippen LogP contribution < -0.4 is 10.2 Å². The maximum Gasteiger partial charge on any atom is 0.225 e. The number of anilines is 1. The Kier molecular flexibility index (Phi) is 5.09. The zero-order chi connectivity index (χ0) is 13.5. The van der Waals surface area contributed by atoms with Gasteiger partial charge in [-0.15, -0.1) is 0 Å². The summed E-state index contributed by atoms with van der Waals surface area (Å²) in [6, 6.07) is 1.83. The average Bonchev–Trinajstić information content (AvgIpc) is 2.48. The summed E-state index contributed by atoms with van der Waals surface area (Å²) in [6.45, 7) is 7.36. The lowest BCUT2D eigenvalue weighted by Crippen LogP contribution is -2.48. The number of nitrogens with one attached hydrogen (secondary N) is 1. The minimum atomic E-state index is 0.122. The molecule has 19 heavy (non-hydrogen) atoms. The molecule has 0 spiro atoms. The van der Waals surface area contributed by atoms with Crippen LogP contribution in [0.2, 0.25) is 0 Å². The van der Waals surface area contributed by atoms with Crippen molar-refractivity contribution in [2.24, 2.45) is 0 Å². The van der Waals surface area contributed by atoms with E-state index >= 15 is 0 Å². The van der Waals surface area contributed by atoms with Gasteiger partial charge in [-0.05, 0) is 6.07 Å². The first-order valence-electron chi connectivity index (χ1n) is 6.80. The van der Waals surface area contributed by atoms with E-state index in [9.17, 15) is 4.79 Å². The minimum absolute atomic E-state index is 0.122. The molecular formula is C13H21N5O. The summed E-state index contributed by atoms with van der Waals surface area (Å²) >= 11 is 0. The fourth-order valence-electron chi connectivity index (χ4n) is 2.10. The first-order chi connectivity index (χ1) is 9.29. The van der Waals surface area contributed by atoms with E-state index in [2.05, 4.69) is 25.1 Å². The van der Waals surface area contributed by atoms with Crippen molar-refractivity contribution >= 4 is 11.9 Å². The Bertz CT molecular complexity index is 389. The molecule has 6 nitrogen and oxygen atoms in total. The smallest absolute Gasteiger partial charge is 0.225 e. The second-order valence-electron chi connectivity index (χ2n) is 4.58. The van der Waals surface area contributed by atoms with Gasteiger partial charge in [0.05, 0.1) is 0 Å². The van der Waals surface area contributed by atoms with Crippen LogP contribution in [0.3, 0.4) is 0 Å². The van der Waals surface area contributed by atoms with Gasteiger partial charge in [-0.2, -0.15) is 0 Å². The number of aromatic nitrogens is 2. The molecule has 2 rings (SSSR count). The van der Waals surface area contributed by atoms with E-state index in [1.807, 2.05) is 13.0 Å². The van der Waals surface area contributed by atoms with E-state index in [-0.39, 0.29) is 5.91 Å². The first kappa shape index (κ1) is 13.7. The molecule has 1 aliphatic heterocycles. The third-order valence-electron chi connectivity index (χ3n) is 3.28. The normalized spacial score (nSPS) is 16.4. The zero-order valence-corrected chi connectivity index (χ0v) is 11.4. The zero-order valence-electron chi connectivity index (χ0n) is 11.4. The Labute approximate surface area is 113 Å². The SMILES string of the molecule is CCC(=O)NCCN1CCN(c2ncccn2)CC1. The molecule has 6 heteroatoms. The Morgan fingerprint density at radius 2 is 1.95 bits per heavy atom. The van der Waals surface area contributed by atoms with Crippen molar-refractivity contribution in [3.63, 3.8) is 0 Å². The number of hydrogen-bond donors (Lipinski definition) is 1. The fraction of sp³-hybridized carbons (Fsp3) is 0.615. The number of piperazine rings is 1. The average molecular weight is 263 g/mol. The van der Waals surface area contributed by atoms with Crippen LogP contribution in [0.4, 0.5) is 5.95 Å². The number of rotatable bonds is 5. The minimum Gasteiger partial charge on any atom is -0.355 e. The topological polar surface area (TPSA) is 61.4 Å². The molecule has 1 saturated heterocycles. The van der Waals surface area contributed by atoms with E-state index in [1.54, 1.807) is 12.4 Å². The van der Waals surface area contributed by atoms with Gasteiger partial charge in [0.2, 0.25) is 11.9 Å². The van der Waals surface area contributed by atoms with E-state index in [4.69, 9.17) is 0 Å². The Morgan fingerprint density at radius 3 is 2.58 bits per heavy atom. The van der Waals surface area contributed by atoms with E-state index in [0.29, 0.717) is 6.42 Å². The summed E-state index contributed by atoms with van der Waals surface area (Å²) < 4.78 is 0. The Morgan fingerprint density at radius 1 is 1.26 bits per heavy atom. The third kappa shape index (κ3) is 4.17. The van der Waals surface area contributed by atoms with Crippen LogP contribution in [0.25, 0.3) is 0 Å². The molecule has 1 aromatic rings. The fourth-order valence-corrected chi connectivity index (χ4v) is 2.10. The molecule has 2 heterocycles. The highest BCUT2D eigenvalue weighted by Gasteiger charge is 2.18.